The van der Waals surface area contributed by atoms with E-state index in [4.69, 9.17) is 11.4 Å². The Morgan fingerprint density at radius 1 is 1.62 bits per heavy atom. The normalized spacial score (nSPS) is 12.1. The van der Waals surface area contributed by atoms with E-state index in [0.717, 1.165) is 0 Å². The molecular weight excluding hydrogens is 104 g/mol. The molecule has 0 radical (unpaired) electrons. The summed E-state index contributed by atoms with van der Waals surface area (Å²) in [5, 5.41) is 6.35. The molecule has 0 aliphatic carbocycles. The van der Waals surface area contributed by atoms with Crippen molar-refractivity contribution >= 4 is 5.84 Å². The van der Waals surface area contributed by atoms with Crippen molar-refractivity contribution in [1.29, 1.82) is 5.53 Å². The molecule has 0 aliphatic rings. The predicted molar refractivity (Wildman–Crippen MR) is 31.6 cm³/mol. The number of rotatable bonds is 1. The van der Waals surface area contributed by atoms with Crippen LogP contribution in [0.4, 0.5) is 0 Å². The molecule has 0 unspecified atom stereocenters. The number of hydrogen-bond donors (Lipinski definition) is 2. The number of hydrogen-bond acceptors (Lipinski definition) is 3. The van der Waals surface area contributed by atoms with E-state index >= 15 is 0 Å². The van der Waals surface area contributed by atoms with Gasteiger partial charge < -0.3 is 5.84 Å². The Balaban J connectivity index is 3.91. The molecule has 0 saturated heterocycles. The fourth-order valence-electron chi connectivity index (χ4n) is 0.307. The van der Waals surface area contributed by atoms with E-state index < -0.39 is 0 Å². The third-order valence-electron chi connectivity index (χ3n) is 0.763. The molecule has 0 aromatic rings. The minimum atomic E-state index is 0.150. The lowest BCUT2D eigenvalue weighted by Crippen LogP contribution is -2.05. The molecule has 0 spiro atoms. The van der Waals surface area contributed by atoms with Gasteiger partial charge in [-0.25, -0.2) is 5.53 Å². The maximum absolute atomic E-state index is 6.50. The van der Waals surface area contributed by atoms with Gasteiger partial charge in [0.1, 0.15) is 0 Å². The van der Waals surface area contributed by atoms with E-state index in [9.17, 15) is 0 Å². The van der Waals surface area contributed by atoms with Gasteiger partial charge in [0.15, 0.2) is 5.84 Å². The molecule has 0 fully saturated rings. The highest BCUT2D eigenvalue weighted by Gasteiger charge is 1.99. The zero-order valence-electron chi connectivity index (χ0n) is 5.05. The van der Waals surface area contributed by atoms with Gasteiger partial charge in [0.05, 0.1) is 0 Å². The van der Waals surface area contributed by atoms with Crippen LogP contribution in [-0.4, -0.2) is 5.84 Å². The second-order valence-corrected chi connectivity index (χ2v) is 1.75. The molecule has 0 atom stereocenters. The fraction of sp³-hybridized carbons (Fsp3) is 0.750. The van der Waals surface area contributed by atoms with Gasteiger partial charge in [-0.3, -0.25) is 0 Å². The molecule has 8 heavy (non-hydrogen) atoms. The van der Waals surface area contributed by atoms with Crippen LogP contribution in [-0.2, 0) is 0 Å². The quantitative estimate of drug-likeness (QED) is 0.172. The van der Waals surface area contributed by atoms with Gasteiger partial charge >= 0.3 is 0 Å². The molecule has 3 N–H and O–H groups in total. The van der Waals surface area contributed by atoms with Crippen molar-refractivity contribution in [3.63, 3.8) is 0 Å². The first-order chi connectivity index (χ1) is 3.72. The largest absolute Gasteiger partial charge is 0.321 e. The highest BCUT2D eigenvalue weighted by atomic mass is 15.2. The van der Waals surface area contributed by atoms with Crippen LogP contribution < -0.4 is 5.84 Å². The number of amidine groups is 1. The average Bonchev–Trinajstić information content (AvgIpc) is 1.69. The minimum absolute atomic E-state index is 0.150. The Morgan fingerprint density at radius 3 is 2.12 bits per heavy atom. The van der Waals surface area contributed by atoms with Crippen molar-refractivity contribution in [3.05, 3.63) is 0 Å². The first kappa shape index (κ1) is 7.07. The summed E-state index contributed by atoms with van der Waals surface area (Å²) in [5.41, 5.74) is 6.50. The number of nitrogens with zero attached hydrogens (tertiary/aromatic N) is 2. The predicted octanol–water partition coefficient (Wildman–Crippen LogP) is 0.946. The third kappa shape index (κ3) is 1.68. The molecule has 0 saturated carbocycles. The standard InChI is InChI=1S/C4H10N4/c1-3(2)4(7-5)8-6/h3,5H,6H2,1-2H3/b7-5?,8-4+. The number of nitrogens with two attached hydrogens (primary N) is 1. The maximum atomic E-state index is 6.50. The van der Waals surface area contributed by atoms with E-state index in [1.807, 2.05) is 13.8 Å². The second kappa shape index (κ2) is 3.12. The van der Waals surface area contributed by atoms with Gasteiger partial charge in [-0.2, -0.15) is 5.10 Å². The Labute approximate surface area is 48.3 Å². The molecule has 0 aliphatic heterocycles. The van der Waals surface area contributed by atoms with Crippen molar-refractivity contribution in [1.82, 2.24) is 0 Å². The van der Waals surface area contributed by atoms with Crippen molar-refractivity contribution < 1.29 is 0 Å². The van der Waals surface area contributed by atoms with Crippen molar-refractivity contribution in [3.8, 4) is 0 Å². The maximum Gasteiger partial charge on any atom is 0.172 e. The molecule has 0 aromatic carbocycles. The molecule has 0 rings (SSSR count). The Hall–Kier alpha value is -0.930. The first-order valence-corrected chi connectivity index (χ1v) is 2.37. The SMILES string of the molecule is CC(C)/C(N=N)=N\N. The highest BCUT2D eigenvalue weighted by Crippen LogP contribution is 1.95. The summed E-state index contributed by atoms with van der Waals surface area (Å²) >= 11 is 0. The summed E-state index contributed by atoms with van der Waals surface area (Å²) in [6.07, 6.45) is 0. The van der Waals surface area contributed by atoms with Gasteiger partial charge in [0.2, 0.25) is 0 Å². The van der Waals surface area contributed by atoms with E-state index in [2.05, 4.69) is 10.2 Å². The summed E-state index contributed by atoms with van der Waals surface area (Å²) in [7, 11) is 0. The smallest absolute Gasteiger partial charge is 0.172 e. The Morgan fingerprint density at radius 2 is 2.12 bits per heavy atom. The molecule has 0 bridgehead atoms. The van der Waals surface area contributed by atoms with Crippen LogP contribution in [0.15, 0.2) is 10.2 Å². The van der Waals surface area contributed by atoms with Crippen LogP contribution in [0.3, 0.4) is 0 Å². The zero-order valence-corrected chi connectivity index (χ0v) is 5.05. The summed E-state index contributed by atoms with van der Waals surface area (Å²) in [6.45, 7) is 3.76. The van der Waals surface area contributed by atoms with E-state index in [1.54, 1.807) is 0 Å². The van der Waals surface area contributed by atoms with Crippen molar-refractivity contribution in [2.24, 2.45) is 22.0 Å². The lowest BCUT2D eigenvalue weighted by molar-refractivity contribution is 0.846. The lowest BCUT2D eigenvalue weighted by Gasteiger charge is -1.96. The number of nitrogens with one attached hydrogen (secondary N) is 1. The van der Waals surface area contributed by atoms with Gasteiger partial charge in [-0.1, -0.05) is 13.8 Å². The summed E-state index contributed by atoms with van der Waals surface area (Å²) in [5.74, 6) is 5.39. The topological polar surface area (TPSA) is 74.6 Å². The zero-order chi connectivity index (χ0) is 6.57. The van der Waals surface area contributed by atoms with Crippen LogP contribution in [0.5, 0.6) is 0 Å². The Bertz CT molecular complexity index is 105. The molecule has 4 nitrogen and oxygen atoms in total. The van der Waals surface area contributed by atoms with E-state index in [1.165, 1.54) is 0 Å². The van der Waals surface area contributed by atoms with Gasteiger partial charge in [-0.15, -0.1) is 5.11 Å². The summed E-state index contributed by atoms with van der Waals surface area (Å²) in [6, 6.07) is 0. The van der Waals surface area contributed by atoms with E-state index in [-0.39, 0.29) is 5.92 Å². The molecule has 0 heterocycles. The van der Waals surface area contributed by atoms with Gasteiger partial charge in [0, 0.05) is 5.92 Å². The van der Waals surface area contributed by atoms with Crippen LogP contribution in [0.25, 0.3) is 0 Å². The monoisotopic (exact) mass is 114 g/mol. The van der Waals surface area contributed by atoms with Crippen LogP contribution >= 0.6 is 0 Å². The van der Waals surface area contributed by atoms with Crippen LogP contribution in [0.2, 0.25) is 0 Å². The molecule has 4 heteroatoms. The molecular formula is C4H10N4. The first-order valence-electron chi connectivity index (χ1n) is 2.37. The molecule has 0 amide bonds. The fourth-order valence-corrected chi connectivity index (χ4v) is 0.307. The van der Waals surface area contributed by atoms with Gasteiger partial charge in [0.25, 0.3) is 0 Å². The van der Waals surface area contributed by atoms with Crippen molar-refractivity contribution in [2.75, 3.05) is 0 Å². The Kier molecular flexibility index (Phi) is 2.76. The minimum Gasteiger partial charge on any atom is -0.321 e. The van der Waals surface area contributed by atoms with E-state index in [0.29, 0.717) is 5.84 Å². The highest BCUT2D eigenvalue weighted by molar-refractivity contribution is 5.83. The molecule has 46 valence electrons. The molecule has 0 aromatic heterocycles. The average molecular weight is 114 g/mol. The van der Waals surface area contributed by atoms with Crippen LogP contribution in [0.1, 0.15) is 13.8 Å². The summed E-state index contributed by atoms with van der Waals surface area (Å²) in [4.78, 5) is 0. The number of hydrazone groups is 1. The van der Waals surface area contributed by atoms with Gasteiger partial charge in [-0.05, 0) is 0 Å². The third-order valence-corrected chi connectivity index (χ3v) is 0.763. The van der Waals surface area contributed by atoms with Crippen LogP contribution in [0, 0.1) is 11.4 Å². The second-order valence-electron chi connectivity index (χ2n) is 1.75. The van der Waals surface area contributed by atoms with Crippen molar-refractivity contribution in [2.45, 2.75) is 13.8 Å². The summed E-state index contributed by atoms with van der Waals surface area (Å²) < 4.78 is 0. The lowest BCUT2D eigenvalue weighted by atomic mass is 10.2.